The molecule has 0 aliphatic carbocycles. The van der Waals surface area contributed by atoms with Gasteiger partial charge in [0.25, 0.3) is 0 Å². The lowest BCUT2D eigenvalue weighted by atomic mass is 9.92. The number of esters is 1. The number of carbonyl (C=O) groups excluding carboxylic acids is 2. The molecular formula is C23H27N3O3S. The highest BCUT2D eigenvalue weighted by molar-refractivity contribution is 8.16. The smallest absolute Gasteiger partial charge is 0.338 e. The molecule has 1 atom stereocenters. The third kappa shape index (κ3) is 3.78. The van der Waals surface area contributed by atoms with Crippen LogP contribution in [-0.2, 0) is 14.3 Å². The SMILES string of the molecule is CCC1=C(C(=O)OC)C(c2ccc(C)cc2)N2C(CC(=O)N3CCCC3)=CSC2=N1. The summed E-state index contributed by atoms with van der Waals surface area (Å²) in [6.07, 6.45) is 3.07. The summed E-state index contributed by atoms with van der Waals surface area (Å²) in [6, 6.07) is 7.82. The Morgan fingerprint density at radius 3 is 2.53 bits per heavy atom. The first kappa shape index (κ1) is 20.7. The van der Waals surface area contributed by atoms with E-state index in [0.717, 1.165) is 53.6 Å². The highest BCUT2D eigenvalue weighted by Crippen LogP contribution is 2.45. The number of amides is 1. The molecule has 1 saturated heterocycles. The van der Waals surface area contributed by atoms with Crippen LogP contribution in [0.4, 0.5) is 0 Å². The van der Waals surface area contributed by atoms with Crippen molar-refractivity contribution in [1.29, 1.82) is 0 Å². The van der Waals surface area contributed by atoms with Crippen molar-refractivity contribution in [2.45, 2.75) is 45.6 Å². The Bertz CT molecular complexity index is 943. The first-order valence-electron chi connectivity index (χ1n) is 10.4. The van der Waals surface area contributed by atoms with Gasteiger partial charge < -0.3 is 14.5 Å². The van der Waals surface area contributed by atoms with Crippen LogP contribution in [0.5, 0.6) is 0 Å². The van der Waals surface area contributed by atoms with Crippen LogP contribution in [-0.4, -0.2) is 47.0 Å². The van der Waals surface area contributed by atoms with Gasteiger partial charge in [0.05, 0.1) is 30.8 Å². The first-order chi connectivity index (χ1) is 14.5. The molecule has 30 heavy (non-hydrogen) atoms. The second-order valence-electron chi connectivity index (χ2n) is 7.77. The zero-order chi connectivity index (χ0) is 21.3. The molecule has 0 N–H and O–H groups in total. The quantitative estimate of drug-likeness (QED) is 0.664. The molecule has 0 bridgehead atoms. The maximum atomic E-state index is 12.9. The van der Waals surface area contributed by atoms with Crippen molar-refractivity contribution in [1.82, 2.24) is 9.80 Å². The van der Waals surface area contributed by atoms with Crippen molar-refractivity contribution in [3.8, 4) is 0 Å². The van der Waals surface area contributed by atoms with Gasteiger partial charge in [-0.05, 0) is 37.2 Å². The number of carbonyl (C=O) groups is 2. The summed E-state index contributed by atoms with van der Waals surface area (Å²) in [4.78, 5) is 34.4. The summed E-state index contributed by atoms with van der Waals surface area (Å²) in [5.74, 6) is -0.240. The Morgan fingerprint density at radius 1 is 1.20 bits per heavy atom. The van der Waals surface area contributed by atoms with Gasteiger partial charge in [-0.1, -0.05) is 48.5 Å². The van der Waals surface area contributed by atoms with E-state index in [1.54, 1.807) is 0 Å². The predicted octanol–water partition coefficient (Wildman–Crippen LogP) is 4.15. The molecule has 3 heterocycles. The lowest BCUT2D eigenvalue weighted by molar-refractivity contribution is -0.136. The topological polar surface area (TPSA) is 62.2 Å². The number of rotatable bonds is 5. The minimum atomic E-state index is -0.373. The standard InChI is InChI=1S/C23H27N3O3S/c1-4-18-20(22(28)29-3)21(16-9-7-15(2)8-10-16)26-17(14-30-23(26)24-18)13-19(27)25-11-5-6-12-25/h7-10,14,21H,4-6,11-13H2,1-3H3. The van der Waals surface area contributed by atoms with Crippen molar-refractivity contribution in [2.75, 3.05) is 20.2 Å². The van der Waals surface area contributed by atoms with Gasteiger partial charge in [-0.15, -0.1) is 0 Å². The number of aryl methyl sites for hydroxylation is 1. The minimum absolute atomic E-state index is 0.133. The van der Waals surface area contributed by atoms with Crippen LogP contribution >= 0.6 is 11.8 Å². The number of allylic oxidation sites excluding steroid dienone is 1. The first-order valence-corrected chi connectivity index (χ1v) is 11.3. The van der Waals surface area contributed by atoms with E-state index in [1.165, 1.54) is 18.9 Å². The summed E-state index contributed by atoms with van der Waals surface area (Å²) in [6.45, 7) is 5.69. The Kier molecular flexibility index (Phi) is 5.99. The maximum absolute atomic E-state index is 12.9. The highest BCUT2D eigenvalue weighted by atomic mass is 32.2. The lowest BCUT2D eigenvalue weighted by Gasteiger charge is -2.36. The second kappa shape index (κ2) is 8.68. The monoisotopic (exact) mass is 425 g/mol. The molecule has 1 amide bonds. The zero-order valence-electron chi connectivity index (χ0n) is 17.7. The van der Waals surface area contributed by atoms with Gasteiger partial charge in [0.15, 0.2) is 5.17 Å². The van der Waals surface area contributed by atoms with E-state index >= 15 is 0 Å². The molecule has 0 radical (unpaired) electrons. The van der Waals surface area contributed by atoms with Gasteiger partial charge in [0.2, 0.25) is 5.91 Å². The normalized spacial score (nSPS) is 20.8. The van der Waals surface area contributed by atoms with Crippen LogP contribution in [0.25, 0.3) is 0 Å². The van der Waals surface area contributed by atoms with E-state index in [-0.39, 0.29) is 17.9 Å². The van der Waals surface area contributed by atoms with Gasteiger partial charge >= 0.3 is 5.97 Å². The number of hydrogen-bond donors (Lipinski definition) is 0. The number of fused-ring (bicyclic) bond motifs is 1. The Balaban J connectivity index is 1.74. The molecule has 7 heteroatoms. The van der Waals surface area contributed by atoms with Crippen LogP contribution in [0.15, 0.2) is 51.6 Å². The third-order valence-electron chi connectivity index (χ3n) is 5.81. The highest BCUT2D eigenvalue weighted by Gasteiger charge is 2.41. The number of methoxy groups -OCH3 is 1. The van der Waals surface area contributed by atoms with E-state index in [0.29, 0.717) is 18.4 Å². The van der Waals surface area contributed by atoms with Gasteiger partial charge in [0, 0.05) is 18.8 Å². The Hall–Kier alpha value is -2.54. The molecule has 1 fully saturated rings. The van der Waals surface area contributed by atoms with Crippen molar-refractivity contribution >= 4 is 28.8 Å². The van der Waals surface area contributed by atoms with Crippen molar-refractivity contribution < 1.29 is 14.3 Å². The summed E-state index contributed by atoms with van der Waals surface area (Å²) in [5.41, 5.74) is 4.32. The Morgan fingerprint density at radius 2 is 1.90 bits per heavy atom. The number of likely N-dealkylation sites (tertiary alicyclic amines) is 1. The minimum Gasteiger partial charge on any atom is -0.466 e. The van der Waals surface area contributed by atoms with Crippen molar-refractivity contribution in [2.24, 2.45) is 4.99 Å². The second-order valence-corrected chi connectivity index (χ2v) is 8.61. The molecule has 4 rings (SSSR count). The average Bonchev–Trinajstić information content (AvgIpc) is 3.43. The van der Waals surface area contributed by atoms with Crippen LogP contribution in [0.1, 0.15) is 49.8 Å². The number of ether oxygens (including phenoxy) is 1. The average molecular weight is 426 g/mol. The molecule has 158 valence electrons. The fourth-order valence-corrected chi connectivity index (χ4v) is 5.15. The molecule has 1 unspecified atom stereocenters. The van der Waals surface area contributed by atoms with Crippen molar-refractivity contribution in [3.05, 3.63) is 57.8 Å². The number of nitrogens with zero attached hydrogens (tertiary/aromatic N) is 3. The van der Waals surface area contributed by atoms with Crippen molar-refractivity contribution in [3.63, 3.8) is 0 Å². The van der Waals surface area contributed by atoms with E-state index in [1.807, 2.05) is 48.4 Å². The largest absolute Gasteiger partial charge is 0.466 e. The molecule has 0 saturated carbocycles. The fourth-order valence-electron chi connectivity index (χ4n) is 4.21. The third-order valence-corrected chi connectivity index (χ3v) is 6.70. The van der Waals surface area contributed by atoms with Gasteiger partial charge in [-0.3, -0.25) is 4.79 Å². The molecule has 3 aliphatic heterocycles. The summed E-state index contributed by atoms with van der Waals surface area (Å²) in [5, 5.41) is 2.82. The number of aliphatic imine (C=N–C) groups is 1. The molecule has 1 aromatic carbocycles. The summed E-state index contributed by atoms with van der Waals surface area (Å²) in [7, 11) is 1.40. The molecule has 3 aliphatic rings. The Labute approximate surface area is 181 Å². The van der Waals surface area contributed by atoms with Gasteiger partial charge in [0.1, 0.15) is 0 Å². The number of thioether (sulfide) groups is 1. The van der Waals surface area contributed by atoms with Crippen LogP contribution in [0.2, 0.25) is 0 Å². The molecular weight excluding hydrogens is 398 g/mol. The van der Waals surface area contributed by atoms with Crippen LogP contribution < -0.4 is 0 Å². The molecule has 0 spiro atoms. The number of amidine groups is 1. The van der Waals surface area contributed by atoms with E-state index in [2.05, 4.69) is 4.90 Å². The fraction of sp³-hybridized carbons (Fsp3) is 0.435. The number of hydrogen-bond acceptors (Lipinski definition) is 6. The van der Waals surface area contributed by atoms with Crippen LogP contribution in [0, 0.1) is 6.92 Å². The van der Waals surface area contributed by atoms with Gasteiger partial charge in [-0.2, -0.15) is 0 Å². The molecule has 0 aromatic heterocycles. The lowest BCUT2D eigenvalue weighted by Crippen LogP contribution is -2.38. The number of benzene rings is 1. The van der Waals surface area contributed by atoms with E-state index in [9.17, 15) is 9.59 Å². The van der Waals surface area contributed by atoms with Gasteiger partial charge in [-0.25, -0.2) is 9.79 Å². The zero-order valence-corrected chi connectivity index (χ0v) is 18.5. The predicted molar refractivity (Wildman–Crippen MR) is 119 cm³/mol. The maximum Gasteiger partial charge on any atom is 0.338 e. The summed E-state index contributed by atoms with van der Waals surface area (Å²) >= 11 is 1.52. The van der Waals surface area contributed by atoms with E-state index in [4.69, 9.17) is 9.73 Å². The summed E-state index contributed by atoms with van der Waals surface area (Å²) < 4.78 is 5.15. The molecule has 6 nitrogen and oxygen atoms in total. The van der Waals surface area contributed by atoms with E-state index < -0.39 is 0 Å². The molecule has 1 aromatic rings. The van der Waals surface area contributed by atoms with Crippen LogP contribution in [0.3, 0.4) is 0 Å².